The average molecular weight is 481 g/mol. The summed E-state index contributed by atoms with van der Waals surface area (Å²) in [5.74, 6) is 0.154. The van der Waals surface area contributed by atoms with Crippen molar-refractivity contribution in [2.45, 2.75) is 51.6 Å². The zero-order chi connectivity index (χ0) is 23.9. The second-order valence-electron chi connectivity index (χ2n) is 8.48. The Bertz CT molecular complexity index is 929. The van der Waals surface area contributed by atoms with Crippen molar-refractivity contribution < 1.29 is 18.7 Å². The third-order valence-electron chi connectivity index (χ3n) is 4.69. The zero-order valence-electron chi connectivity index (χ0n) is 19.1. The van der Waals surface area contributed by atoms with Crippen LogP contribution >= 0.6 is 23.4 Å². The second-order valence-corrected chi connectivity index (χ2v) is 9.87. The molecular formula is C24H30ClFN2O3S. The predicted molar refractivity (Wildman–Crippen MR) is 128 cm³/mol. The van der Waals surface area contributed by atoms with Crippen LogP contribution < -0.4 is 10.1 Å². The maximum atomic E-state index is 14.0. The van der Waals surface area contributed by atoms with Crippen LogP contribution in [0.2, 0.25) is 5.02 Å². The molecule has 2 rings (SSSR count). The normalized spacial score (nSPS) is 12.2. The summed E-state index contributed by atoms with van der Waals surface area (Å²) in [6.07, 6.45) is 0. The predicted octanol–water partition coefficient (Wildman–Crippen LogP) is 5.05. The highest BCUT2D eigenvalue weighted by Gasteiger charge is 2.28. The first-order valence-electron chi connectivity index (χ1n) is 10.3. The number of hydrogen-bond donors (Lipinski definition) is 1. The quantitative estimate of drug-likeness (QED) is 0.545. The lowest BCUT2D eigenvalue weighted by molar-refractivity contribution is -0.139. The SMILES string of the molecule is COc1cccc(CN(C(=O)CSCc2c(F)cccc2Cl)[C@H](C)C(=O)NC(C)(C)C)c1. The van der Waals surface area contributed by atoms with Gasteiger partial charge >= 0.3 is 0 Å². The highest BCUT2D eigenvalue weighted by Crippen LogP contribution is 2.25. The van der Waals surface area contributed by atoms with Crippen molar-refractivity contribution in [3.63, 3.8) is 0 Å². The average Bonchev–Trinajstić information content (AvgIpc) is 2.72. The van der Waals surface area contributed by atoms with Crippen molar-refractivity contribution in [3.05, 3.63) is 64.4 Å². The molecule has 2 aromatic carbocycles. The summed E-state index contributed by atoms with van der Waals surface area (Å²) >= 11 is 7.34. The van der Waals surface area contributed by atoms with Gasteiger partial charge in [0.25, 0.3) is 0 Å². The first-order chi connectivity index (χ1) is 15.0. The van der Waals surface area contributed by atoms with Crippen molar-refractivity contribution in [1.29, 1.82) is 0 Å². The van der Waals surface area contributed by atoms with Crippen LogP contribution in [0.15, 0.2) is 42.5 Å². The Balaban J connectivity index is 2.16. The van der Waals surface area contributed by atoms with E-state index < -0.39 is 17.4 Å². The molecule has 0 radical (unpaired) electrons. The minimum absolute atomic E-state index is 0.0851. The minimum Gasteiger partial charge on any atom is -0.497 e. The number of carbonyl (C=O) groups is 2. The fourth-order valence-electron chi connectivity index (χ4n) is 3.02. The van der Waals surface area contributed by atoms with Gasteiger partial charge < -0.3 is 15.0 Å². The van der Waals surface area contributed by atoms with Gasteiger partial charge in [0, 0.05) is 28.4 Å². The van der Waals surface area contributed by atoms with E-state index in [2.05, 4.69) is 5.32 Å². The van der Waals surface area contributed by atoms with Gasteiger partial charge in [0.05, 0.1) is 12.9 Å². The Kier molecular flexibility index (Phi) is 9.40. The van der Waals surface area contributed by atoms with Crippen molar-refractivity contribution in [2.24, 2.45) is 0 Å². The molecule has 1 atom stereocenters. The summed E-state index contributed by atoms with van der Waals surface area (Å²) in [7, 11) is 1.58. The fraction of sp³-hybridized carbons (Fsp3) is 0.417. The molecule has 2 amide bonds. The van der Waals surface area contributed by atoms with E-state index in [1.54, 1.807) is 26.2 Å². The third-order valence-corrected chi connectivity index (χ3v) is 5.98. The lowest BCUT2D eigenvalue weighted by Gasteiger charge is -2.31. The monoisotopic (exact) mass is 480 g/mol. The molecular weight excluding hydrogens is 451 g/mol. The number of thioether (sulfide) groups is 1. The van der Waals surface area contributed by atoms with Crippen LogP contribution in [0.3, 0.4) is 0 Å². The van der Waals surface area contributed by atoms with Crippen molar-refractivity contribution in [2.75, 3.05) is 12.9 Å². The first kappa shape index (κ1) is 26.0. The molecule has 174 valence electrons. The number of halogens is 2. The molecule has 0 heterocycles. The number of benzene rings is 2. The molecule has 2 aromatic rings. The molecule has 32 heavy (non-hydrogen) atoms. The van der Waals surface area contributed by atoms with Gasteiger partial charge in [0.15, 0.2) is 0 Å². The van der Waals surface area contributed by atoms with Crippen LogP contribution in [-0.4, -0.2) is 41.2 Å². The first-order valence-corrected chi connectivity index (χ1v) is 11.8. The molecule has 0 aliphatic heterocycles. The summed E-state index contributed by atoms with van der Waals surface area (Å²) < 4.78 is 19.3. The smallest absolute Gasteiger partial charge is 0.242 e. The molecule has 0 spiro atoms. The number of methoxy groups -OCH3 is 1. The molecule has 0 saturated heterocycles. The lowest BCUT2D eigenvalue weighted by Crippen LogP contribution is -2.52. The van der Waals surface area contributed by atoms with Gasteiger partial charge in [0.2, 0.25) is 11.8 Å². The number of ether oxygens (including phenoxy) is 1. The highest BCUT2D eigenvalue weighted by atomic mass is 35.5. The van der Waals surface area contributed by atoms with Crippen molar-refractivity contribution >= 4 is 35.2 Å². The summed E-state index contributed by atoms with van der Waals surface area (Å²) in [4.78, 5) is 27.5. The maximum absolute atomic E-state index is 14.0. The summed E-state index contributed by atoms with van der Waals surface area (Å²) in [5.41, 5.74) is 0.784. The number of amides is 2. The van der Waals surface area contributed by atoms with Gasteiger partial charge in [0.1, 0.15) is 17.6 Å². The largest absolute Gasteiger partial charge is 0.497 e. The number of carbonyl (C=O) groups excluding carboxylic acids is 2. The van der Waals surface area contributed by atoms with Crippen LogP contribution in [0.5, 0.6) is 5.75 Å². The van der Waals surface area contributed by atoms with Crippen LogP contribution in [0.25, 0.3) is 0 Å². The van der Waals surface area contributed by atoms with Gasteiger partial charge in [-0.25, -0.2) is 4.39 Å². The van der Waals surface area contributed by atoms with E-state index >= 15 is 0 Å². The Morgan fingerprint density at radius 2 is 1.91 bits per heavy atom. The minimum atomic E-state index is -0.689. The van der Waals surface area contributed by atoms with Crippen LogP contribution in [-0.2, 0) is 21.9 Å². The summed E-state index contributed by atoms with van der Waals surface area (Å²) in [6.45, 7) is 7.62. The van der Waals surface area contributed by atoms with Crippen LogP contribution in [0.4, 0.5) is 4.39 Å². The Morgan fingerprint density at radius 1 is 1.22 bits per heavy atom. The van der Waals surface area contributed by atoms with Crippen LogP contribution in [0, 0.1) is 5.82 Å². The number of nitrogens with zero attached hydrogens (tertiary/aromatic N) is 1. The highest BCUT2D eigenvalue weighted by molar-refractivity contribution is 7.99. The fourth-order valence-corrected chi connectivity index (χ4v) is 4.27. The molecule has 0 fully saturated rings. The Labute approximate surface area is 198 Å². The molecule has 0 bridgehead atoms. The molecule has 0 unspecified atom stereocenters. The third kappa shape index (κ3) is 7.71. The molecule has 5 nitrogen and oxygen atoms in total. The van der Waals surface area contributed by atoms with Gasteiger partial charge in [-0.2, -0.15) is 0 Å². The van der Waals surface area contributed by atoms with E-state index in [9.17, 15) is 14.0 Å². The molecule has 0 aliphatic carbocycles. The van der Waals surface area contributed by atoms with Gasteiger partial charge in [-0.3, -0.25) is 9.59 Å². The van der Waals surface area contributed by atoms with Gasteiger partial charge in [-0.15, -0.1) is 11.8 Å². The van der Waals surface area contributed by atoms with E-state index in [1.807, 2.05) is 45.0 Å². The molecule has 1 N–H and O–H groups in total. The lowest BCUT2D eigenvalue weighted by atomic mass is 10.1. The Hall–Kier alpha value is -2.25. The van der Waals surface area contributed by atoms with Gasteiger partial charge in [-0.1, -0.05) is 29.8 Å². The van der Waals surface area contributed by atoms with Crippen molar-refractivity contribution in [3.8, 4) is 5.75 Å². The zero-order valence-corrected chi connectivity index (χ0v) is 20.6. The Morgan fingerprint density at radius 3 is 2.53 bits per heavy atom. The molecule has 0 saturated carbocycles. The summed E-state index contributed by atoms with van der Waals surface area (Å²) in [6, 6.07) is 11.2. The molecule has 0 aliphatic rings. The van der Waals surface area contributed by atoms with E-state index in [0.29, 0.717) is 16.3 Å². The van der Waals surface area contributed by atoms with E-state index in [1.165, 1.54) is 22.7 Å². The molecule has 0 aromatic heterocycles. The standard InChI is InChI=1S/C24H30ClFN2O3S/c1-16(23(30)27-24(2,3)4)28(13-17-8-6-9-18(12-17)31-5)22(29)15-32-14-19-20(25)10-7-11-21(19)26/h6-12,16H,13-15H2,1-5H3,(H,27,30)/t16-/m1/s1. The van der Waals surface area contributed by atoms with E-state index in [-0.39, 0.29) is 29.9 Å². The van der Waals surface area contributed by atoms with Gasteiger partial charge in [-0.05, 0) is 57.5 Å². The number of nitrogens with one attached hydrogen (secondary N) is 1. The number of hydrogen-bond acceptors (Lipinski definition) is 4. The molecule has 8 heteroatoms. The van der Waals surface area contributed by atoms with E-state index in [4.69, 9.17) is 16.3 Å². The van der Waals surface area contributed by atoms with Crippen molar-refractivity contribution in [1.82, 2.24) is 10.2 Å². The summed E-state index contributed by atoms with van der Waals surface area (Å²) in [5, 5.41) is 3.26. The van der Waals surface area contributed by atoms with E-state index in [0.717, 1.165) is 5.56 Å². The van der Waals surface area contributed by atoms with Crippen LogP contribution in [0.1, 0.15) is 38.8 Å². The topological polar surface area (TPSA) is 58.6 Å². The maximum Gasteiger partial charge on any atom is 0.242 e. The second kappa shape index (κ2) is 11.6. The number of rotatable bonds is 9.